The molecule has 2 rings (SSSR count). The third-order valence-corrected chi connectivity index (χ3v) is 3.05. The van der Waals surface area contributed by atoms with Gasteiger partial charge in [-0.2, -0.15) is 5.10 Å². The minimum absolute atomic E-state index is 0.240. The van der Waals surface area contributed by atoms with Crippen molar-refractivity contribution in [3.63, 3.8) is 0 Å². The summed E-state index contributed by atoms with van der Waals surface area (Å²) in [5.74, 6) is 0.664. The topological polar surface area (TPSA) is 34.9 Å². The molecule has 1 fully saturated rings. The number of Topliss-reactive ketones (excluding diaryl/α,β-unsaturated/α-hetero) is 1. The van der Waals surface area contributed by atoms with E-state index in [0.29, 0.717) is 5.78 Å². The molecule has 1 atom stereocenters. The van der Waals surface area contributed by atoms with Gasteiger partial charge in [0.15, 0.2) is 0 Å². The van der Waals surface area contributed by atoms with Gasteiger partial charge in [0.2, 0.25) is 0 Å². The number of nitrogens with zero attached hydrogens (tertiary/aromatic N) is 2. The van der Waals surface area contributed by atoms with Crippen LogP contribution < -0.4 is 0 Å². The van der Waals surface area contributed by atoms with Gasteiger partial charge in [0.05, 0.1) is 5.69 Å². The monoisotopic (exact) mass is 192 g/mol. The summed E-state index contributed by atoms with van der Waals surface area (Å²) >= 11 is 0. The molecule has 1 aromatic heterocycles. The molecule has 0 aromatic carbocycles. The maximum absolute atomic E-state index is 11.4. The van der Waals surface area contributed by atoms with Crippen molar-refractivity contribution in [2.45, 2.75) is 32.6 Å². The zero-order chi connectivity index (χ0) is 10.1. The van der Waals surface area contributed by atoms with Crippen molar-refractivity contribution in [1.82, 2.24) is 9.78 Å². The fourth-order valence-corrected chi connectivity index (χ4v) is 2.09. The first-order chi connectivity index (χ1) is 6.66. The predicted octanol–water partition coefficient (Wildman–Crippen LogP) is 1.64. The lowest BCUT2D eigenvalue weighted by atomic mass is 10.0. The summed E-state index contributed by atoms with van der Waals surface area (Å²) in [7, 11) is 1.94. The van der Waals surface area contributed by atoms with Crippen molar-refractivity contribution in [2.75, 3.05) is 0 Å². The Labute approximate surface area is 84.1 Å². The highest BCUT2D eigenvalue weighted by Crippen LogP contribution is 2.24. The maximum Gasteiger partial charge on any atom is 0.136 e. The van der Waals surface area contributed by atoms with E-state index in [2.05, 4.69) is 11.2 Å². The zero-order valence-electron chi connectivity index (χ0n) is 8.79. The van der Waals surface area contributed by atoms with Crippen LogP contribution in [0.5, 0.6) is 0 Å². The second-order valence-corrected chi connectivity index (χ2v) is 4.16. The summed E-state index contributed by atoms with van der Waals surface area (Å²) in [6.07, 6.45) is 3.72. The van der Waals surface area contributed by atoms with E-state index in [9.17, 15) is 4.79 Å². The second-order valence-electron chi connectivity index (χ2n) is 4.16. The summed E-state index contributed by atoms with van der Waals surface area (Å²) < 4.78 is 1.87. The SMILES string of the molecule is Cc1cc(CC2CCCC2=O)nn1C. The summed E-state index contributed by atoms with van der Waals surface area (Å²) in [6.45, 7) is 2.03. The Bertz CT molecular complexity index is 335. The third kappa shape index (κ3) is 1.72. The normalized spacial score (nSPS) is 21.9. The van der Waals surface area contributed by atoms with Crippen LogP contribution in [0.15, 0.2) is 6.07 Å². The van der Waals surface area contributed by atoms with E-state index >= 15 is 0 Å². The predicted molar refractivity (Wildman–Crippen MR) is 54.0 cm³/mol. The van der Waals surface area contributed by atoms with Crippen LogP contribution >= 0.6 is 0 Å². The van der Waals surface area contributed by atoms with Gasteiger partial charge < -0.3 is 0 Å². The molecule has 1 heterocycles. The number of rotatable bonds is 2. The van der Waals surface area contributed by atoms with E-state index in [1.54, 1.807) is 0 Å². The molecule has 3 heteroatoms. The molecule has 0 bridgehead atoms. The Morgan fingerprint density at radius 1 is 1.64 bits per heavy atom. The van der Waals surface area contributed by atoms with Gasteiger partial charge in [-0.25, -0.2) is 0 Å². The van der Waals surface area contributed by atoms with Gasteiger partial charge in [-0.1, -0.05) is 0 Å². The van der Waals surface area contributed by atoms with Crippen molar-refractivity contribution in [3.05, 3.63) is 17.5 Å². The quantitative estimate of drug-likeness (QED) is 0.714. The van der Waals surface area contributed by atoms with Crippen molar-refractivity contribution >= 4 is 5.78 Å². The molecule has 0 radical (unpaired) electrons. The molecule has 76 valence electrons. The van der Waals surface area contributed by atoms with Crippen LogP contribution in [-0.2, 0) is 18.3 Å². The Morgan fingerprint density at radius 2 is 2.43 bits per heavy atom. The molecule has 1 aliphatic rings. The minimum Gasteiger partial charge on any atom is -0.299 e. The van der Waals surface area contributed by atoms with Gasteiger partial charge in [-0.15, -0.1) is 0 Å². The van der Waals surface area contributed by atoms with Gasteiger partial charge in [-0.05, 0) is 25.8 Å². The van der Waals surface area contributed by atoms with Crippen LogP contribution in [0.3, 0.4) is 0 Å². The number of aryl methyl sites for hydroxylation is 2. The summed E-state index contributed by atoms with van der Waals surface area (Å²) in [5, 5.41) is 4.37. The fraction of sp³-hybridized carbons (Fsp3) is 0.636. The molecule has 1 unspecified atom stereocenters. The minimum atomic E-state index is 0.240. The number of aromatic nitrogens is 2. The Balaban J connectivity index is 2.07. The molecular weight excluding hydrogens is 176 g/mol. The van der Waals surface area contributed by atoms with E-state index in [1.165, 1.54) is 0 Å². The molecule has 0 amide bonds. The number of carbonyl (C=O) groups is 1. The average molecular weight is 192 g/mol. The first kappa shape index (κ1) is 9.44. The highest BCUT2D eigenvalue weighted by atomic mass is 16.1. The molecule has 0 saturated heterocycles. The summed E-state index contributed by atoms with van der Waals surface area (Å²) in [4.78, 5) is 11.4. The van der Waals surface area contributed by atoms with Gasteiger partial charge >= 0.3 is 0 Å². The molecular formula is C11H16N2O. The standard InChI is InChI=1S/C11H16N2O/c1-8-6-10(12-13(8)2)7-9-4-3-5-11(9)14/h6,9H,3-5,7H2,1-2H3. The van der Waals surface area contributed by atoms with E-state index in [4.69, 9.17) is 0 Å². The Morgan fingerprint density at radius 3 is 2.93 bits per heavy atom. The van der Waals surface area contributed by atoms with Gasteiger partial charge in [0.1, 0.15) is 5.78 Å². The van der Waals surface area contributed by atoms with Gasteiger partial charge in [0, 0.05) is 31.5 Å². The van der Waals surface area contributed by atoms with Crippen LogP contribution in [0, 0.1) is 12.8 Å². The smallest absolute Gasteiger partial charge is 0.136 e. The molecule has 14 heavy (non-hydrogen) atoms. The van der Waals surface area contributed by atoms with Crippen molar-refractivity contribution in [1.29, 1.82) is 0 Å². The number of hydrogen-bond acceptors (Lipinski definition) is 2. The average Bonchev–Trinajstić information content (AvgIpc) is 2.63. The molecule has 1 saturated carbocycles. The fourth-order valence-electron chi connectivity index (χ4n) is 2.09. The lowest BCUT2D eigenvalue weighted by Gasteiger charge is -2.03. The molecule has 1 aliphatic carbocycles. The largest absolute Gasteiger partial charge is 0.299 e. The molecule has 0 N–H and O–H groups in total. The van der Waals surface area contributed by atoms with E-state index in [1.807, 2.05) is 18.7 Å². The number of ketones is 1. The first-order valence-electron chi connectivity index (χ1n) is 5.19. The molecule has 3 nitrogen and oxygen atoms in total. The van der Waals surface area contributed by atoms with Crippen LogP contribution in [-0.4, -0.2) is 15.6 Å². The molecule has 0 spiro atoms. The van der Waals surface area contributed by atoms with Crippen LogP contribution in [0.2, 0.25) is 0 Å². The van der Waals surface area contributed by atoms with Crippen molar-refractivity contribution in [3.8, 4) is 0 Å². The van der Waals surface area contributed by atoms with E-state index in [-0.39, 0.29) is 5.92 Å². The highest BCUT2D eigenvalue weighted by Gasteiger charge is 2.25. The lowest BCUT2D eigenvalue weighted by Crippen LogP contribution is -2.10. The zero-order valence-corrected chi connectivity index (χ0v) is 8.79. The van der Waals surface area contributed by atoms with Crippen LogP contribution in [0.4, 0.5) is 0 Å². The maximum atomic E-state index is 11.4. The van der Waals surface area contributed by atoms with Gasteiger partial charge in [-0.3, -0.25) is 9.48 Å². The Hall–Kier alpha value is -1.12. The lowest BCUT2D eigenvalue weighted by molar-refractivity contribution is -0.120. The number of hydrogen-bond donors (Lipinski definition) is 0. The summed E-state index contributed by atoms with van der Waals surface area (Å²) in [6, 6.07) is 2.08. The summed E-state index contributed by atoms with van der Waals surface area (Å²) in [5.41, 5.74) is 2.22. The molecule has 1 aromatic rings. The van der Waals surface area contributed by atoms with Gasteiger partial charge in [0.25, 0.3) is 0 Å². The van der Waals surface area contributed by atoms with Crippen LogP contribution in [0.25, 0.3) is 0 Å². The van der Waals surface area contributed by atoms with Crippen molar-refractivity contribution < 1.29 is 4.79 Å². The number of carbonyl (C=O) groups excluding carboxylic acids is 1. The Kier molecular flexibility index (Phi) is 2.40. The van der Waals surface area contributed by atoms with E-state index in [0.717, 1.165) is 37.1 Å². The molecule has 0 aliphatic heterocycles. The third-order valence-electron chi connectivity index (χ3n) is 3.05. The highest BCUT2D eigenvalue weighted by molar-refractivity contribution is 5.83. The van der Waals surface area contributed by atoms with Crippen LogP contribution in [0.1, 0.15) is 30.7 Å². The second kappa shape index (κ2) is 3.56. The van der Waals surface area contributed by atoms with Crippen molar-refractivity contribution in [2.24, 2.45) is 13.0 Å². The van der Waals surface area contributed by atoms with E-state index < -0.39 is 0 Å². The first-order valence-corrected chi connectivity index (χ1v) is 5.19.